The predicted octanol–water partition coefficient (Wildman–Crippen LogP) is 4.59. The third-order valence-electron chi connectivity index (χ3n) is 6.65. The molecule has 0 amide bonds. The number of likely N-dealkylation sites (N-methyl/N-ethyl adjacent to an activating group) is 1. The summed E-state index contributed by atoms with van der Waals surface area (Å²) < 4.78 is 84.7. The zero-order valence-corrected chi connectivity index (χ0v) is 22.5. The monoisotopic (exact) mass is 570 g/mol. The van der Waals surface area contributed by atoms with Crippen molar-refractivity contribution in [3.63, 3.8) is 0 Å². The van der Waals surface area contributed by atoms with E-state index in [-0.39, 0.29) is 29.7 Å². The number of ether oxygens (including phenoxy) is 2. The van der Waals surface area contributed by atoms with Crippen LogP contribution in [0.1, 0.15) is 44.2 Å². The molecule has 1 aliphatic rings. The van der Waals surface area contributed by atoms with Gasteiger partial charge in [0.1, 0.15) is 34.8 Å². The molecule has 5 N–H and O–H groups in total. The number of pyridine rings is 1. The van der Waals surface area contributed by atoms with Crippen LogP contribution in [0.2, 0.25) is 0 Å². The summed E-state index contributed by atoms with van der Waals surface area (Å²) >= 11 is 0. The zero-order chi connectivity index (χ0) is 29.4. The molecule has 0 spiro atoms. The van der Waals surface area contributed by atoms with Crippen LogP contribution in [0.5, 0.6) is 11.9 Å². The Labute approximate surface area is 227 Å². The first-order valence-corrected chi connectivity index (χ1v) is 12.8. The topological polar surface area (TPSA) is 127 Å². The van der Waals surface area contributed by atoms with Crippen LogP contribution < -0.4 is 25.8 Å². The molecule has 2 heterocycles. The molecule has 1 atom stereocenters. The summed E-state index contributed by atoms with van der Waals surface area (Å²) in [6.07, 6.45) is -4.02. The fourth-order valence-electron chi connectivity index (χ4n) is 4.02. The zero-order valence-electron chi connectivity index (χ0n) is 22.5. The lowest BCUT2D eigenvalue weighted by Gasteiger charge is -2.21. The predicted molar refractivity (Wildman–Crippen MR) is 139 cm³/mol. The second-order valence-corrected chi connectivity index (χ2v) is 9.86. The molecule has 1 aromatic carbocycles. The molecule has 0 aliphatic heterocycles. The minimum atomic E-state index is -5.06. The van der Waals surface area contributed by atoms with Gasteiger partial charge in [-0.05, 0) is 51.8 Å². The van der Waals surface area contributed by atoms with Crippen molar-refractivity contribution in [3.05, 3.63) is 28.8 Å². The third-order valence-corrected chi connectivity index (χ3v) is 6.65. The molecule has 3 aromatic rings. The second kappa shape index (κ2) is 11.2. The van der Waals surface area contributed by atoms with Gasteiger partial charge >= 0.3 is 12.2 Å². The third kappa shape index (κ3) is 5.97. The van der Waals surface area contributed by atoms with Crippen molar-refractivity contribution in [1.82, 2.24) is 20.3 Å². The molecule has 40 heavy (non-hydrogen) atoms. The number of benzene rings is 1. The highest BCUT2D eigenvalue weighted by atomic mass is 19.4. The van der Waals surface area contributed by atoms with Gasteiger partial charge in [0.05, 0.1) is 23.0 Å². The Balaban J connectivity index is 2.03. The number of aliphatic hydroxyl groups is 1. The lowest BCUT2D eigenvalue weighted by molar-refractivity contribution is -0.137. The second-order valence-electron chi connectivity index (χ2n) is 9.86. The summed E-state index contributed by atoms with van der Waals surface area (Å²) in [6, 6.07) is 0.388. The van der Waals surface area contributed by atoms with Crippen LogP contribution >= 0.6 is 0 Å². The van der Waals surface area contributed by atoms with E-state index < -0.39 is 63.1 Å². The highest BCUT2D eigenvalue weighted by Gasteiger charge is 2.42. The van der Waals surface area contributed by atoms with Gasteiger partial charge in [-0.25, -0.2) is 13.8 Å². The summed E-state index contributed by atoms with van der Waals surface area (Å²) in [4.78, 5) is 12.6. The maximum absolute atomic E-state index is 16.3. The molecule has 4 rings (SSSR count). The smallest absolute Gasteiger partial charge is 0.417 e. The van der Waals surface area contributed by atoms with E-state index >= 15 is 4.39 Å². The highest BCUT2D eigenvalue weighted by molar-refractivity contribution is 5.96. The van der Waals surface area contributed by atoms with Gasteiger partial charge in [0.25, 0.3) is 0 Å². The normalized spacial score (nSPS) is 15.2. The fourth-order valence-corrected chi connectivity index (χ4v) is 4.02. The number of rotatable bonds is 11. The number of aromatic nitrogens is 3. The average Bonchev–Trinajstić information content (AvgIpc) is 3.63. The molecular weight excluding hydrogens is 539 g/mol. The number of hydrogen-bond acceptors (Lipinski definition) is 9. The molecule has 1 saturated carbocycles. The van der Waals surface area contributed by atoms with Gasteiger partial charge in [-0.2, -0.15) is 23.1 Å². The molecule has 0 bridgehead atoms. The van der Waals surface area contributed by atoms with Crippen molar-refractivity contribution in [2.45, 2.75) is 57.9 Å². The number of hydrogen-bond donors (Lipinski definition) is 4. The van der Waals surface area contributed by atoms with E-state index in [1.165, 1.54) is 0 Å². The van der Waals surface area contributed by atoms with Gasteiger partial charge in [0, 0.05) is 18.7 Å². The molecule has 0 radical (unpaired) electrons. The van der Waals surface area contributed by atoms with Crippen LogP contribution in [0.15, 0.2) is 6.07 Å². The van der Waals surface area contributed by atoms with E-state index in [1.807, 2.05) is 6.92 Å². The Bertz CT molecular complexity index is 1410. The first kappa shape index (κ1) is 29.5. The summed E-state index contributed by atoms with van der Waals surface area (Å²) in [7, 11) is 1.73. The number of nitrogen functional groups attached to an aromatic ring is 1. The minimum Gasteiger partial charge on any atom is -0.474 e. The fraction of sp³-hybridized carbons (Fsp3) is 0.500. The van der Waals surface area contributed by atoms with Crippen molar-refractivity contribution in [2.75, 3.05) is 37.8 Å². The minimum absolute atomic E-state index is 0.0181. The van der Waals surface area contributed by atoms with Crippen LogP contribution in [0.3, 0.4) is 0 Å². The molecule has 1 unspecified atom stereocenters. The van der Waals surface area contributed by atoms with E-state index in [0.717, 1.165) is 6.92 Å². The average molecular weight is 571 g/mol. The number of alkyl halides is 3. The summed E-state index contributed by atoms with van der Waals surface area (Å²) in [5.41, 5.74) is -0.187. The molecule has 218 valence electrons. The Morgan fingerprint density at radius 3 is 2.45 bits per heavy atom. The van der Waals surface area contributed by atoms with Crippen molar-refractivity contribution in [1.29, 1.82) is 0 Å². The van der Waals surface area contributed by atoms with Crippen LogP contribution in [-0.4, -0.2) is 58.5 Å². The van der Waals surface area contributed by atoms with Gasteiger partial charge in [-0.15, -0.1) is 0 Å². The number of nitrogens with two attached hydrogens (primary N) is 1. The quantitative estimate of drug-likeness (QED) is 0.149. The van der Waals surface area contributed by atoms with Crippen molar-refractivity contribution >= 4 is 22.4 Å². The van der Waals surface area contributed by atoms with E-state index in [4.69, 9.17) is 15.2 Å². The molecule has 14 heteroatoms. The van der Waals surface area contributed by atoms with E-state index in [1.54, 1.807) is 14.0 Å². The Hall–Kier alpha value is -3.52. The van der Waals surface area contributed by atoms with Crippen molar-refractivity contribution < 1.29 is 36.5 Å². The summed E-state index contributed by atoms with van der Waals surface area (Å²) in [5.74, 6) is -2.66. The molecule has 2 aromatic heterocycles. The first-order chi connectivity index (χ1) is 18.8. The lowest BCUT2D eigenvalue weighted by atomic mass is 9.96. The van der Waals surface area contributed by atoms with Gasteiger partial charge in [-0.3, -0.25) is 0 Å². The van der Waals surface area contributed by atoms with Gasteiger partial charge in [-0.1, -0.05) is 6.92 Å². The maximum atomic E-state index is 16.3. The molecule has 1 fully saturated rings. The van der Waals surface area contributed by atoms with Crippen LogP contribution in [-0.2, 0) is 6.18 Å². The number of anilines is 2. The number of nitrogens with one attached hydrogen (secondary N) is 2. The number of halogens is 5. The molecular formula is C26H31F5N6O3. The van der Waals surface area contributed by atoms with E-state index in [0.29, 0.717) is 38.4 Å². The molecule has 0 saturated heterocycles. The van der Waals surface area contributed by atoms with Crippen LogP contribution in [0.4, 0.5) is 33.5 Å². The van der Waals surface area contributed by atoms with Crippen LogP contribution in [0, 0.1) is 18.6 Å². The van der Waals surface area contributed by atoms with Crippen molar-refractivity contribution in [3.8, 4) is 23.1 Å². The van der Waals surface area contributed by atoms with Crippen molar-refractivity contribution in [2.24, 2.45) is 0 Å². The lowest BCUT2D eigenvalue weighted by Crippen LogP contribution is -2.21. The molecule has 9 nitrogen and oxygen atoms in total. The Kier molecular flexibility index (Phi) is 8.22. The van der Waals surface area contributed by atoms with E-state index in [2.05, 4.69) is 25.6 Å². The first-order valence-electron chi connectivity index (χ1n) is 12.8. The number of nitrogens with zero attached hydrogens (tertiary/aromatic N) is 3. The van der Waals surface area contributed by atoms with Gasteiger partial charge in [0.2, 0.25) is 5.88 Å². The van der Waals surface area contributed by atoms with E-state index in [9.17, 15) is 22.7 Å². The van der Waals surface area contributed by atoms with Gasteiger partial charge < -0.3 is 30.9 Å². The summed E-state index contributed by atoms with van der Waals surface area (Å²) in [5, 5.41) is 16.1. The van der Waals surface area contributed by atoms with Gasteiger partial charge in [0.15, 0.2) is 5.82 Å². The Morgan fingerprint density at radius 2 is 1.85 bits per heavy atom. The molecule has 1 aliphatic carbocycles. The maximum Gasteiger partial charge on any atom is 0.417 e. The standard InChI is InChI=1S/C26H31F5N6O3/c1-5-12(2)40-23-16-21(36-24(39-11-25(38)6-7-25)37-22(16)34-9-8-33-4)19(28)20(35-23)14-10-15(32)18(27)13(3)17(14)26(29,30)31/h10,12,33,38H,5-9,11,32H2,1-4H3,(H,34,36,37). The Morgan fingerprint density at radius 1 is 1.15 bits per heavy atom. The number of fused-ring (bicyclic) bond motifs is 1. The highest BCUT2D eigenvalue weighted by Crippen LogP contribution is 2.45. The largest absolute Gasteiger partial charge is 0.474 e. The summed E-state index contributed by atoms with van der Waals surface area (Å²) in [6.45, 7) is 5.09. The van der Waals surface area contributed by atoms with Crippen LogP contribution in [0.25, 0.3) is 22.2 Å². The SMILES string of the molecule is CCC(C)Oc1nc(-c2cc(N)c(F)c(C)c2C(F)(F)F)c(F)c2nc(OCC3(O)CC3)nc(NCCNC)c12.